The van der Waals surface area contributed by atoms with Crippen LogP contribution in [0.3, 0.4) is 0 Å². The van der Waals surface area contributed by atoms with Crippen molar-refractivity contribution in [2.75, 3.05) is 13.1 Å². The molecule has 0 atom stereocenters. The third-order valence-electron chi connectivity index (χ3n) is 3.12. The number of aliphatic carboxylic acids is 1. The highest BCUT2D eigenvalue weighted by molar-refractivity contribution is 5.97. The van der Waals surface area contributed by atoms with Crippen LogP contribution in [0.2, 0.25) is 0 Å². The van der Waals surface area contributed by atoms with Crippen molar-refractivity contribution < 1.29 is 14.7 Å². The standard InChI is InChI=1S/C13H16N4O3/c1-3-17(7-6-12(18)19)13(20)9-4-5-11-10(8-9)14-15-16(11)2/h4-5,8H,3,6-7H2,1-2H3,(H,18,19). The normalized spacial score (nSPS) is 10.7. The average Bonchev–Trinajstić information content (AvgIpc) is 2.80. The summed E-state index contributed by atoms with van der Waals surface area (Å²) >= 11 is 0. The van der Waals surface area contributed by atoms with Crippen LogP contribution in [0, 0.1) is 0 Å². The van der Waals surface area contributed by atoms with Gasteiger partial charge in [-0.25, -0.2) is 4.68 Å². The minimum absolute atomic E-state index is 0.0625. The van der Waals surface area contributed by atoms with Gasteiger partial charge in [0.25, 0.3) is 5.91 Å². The number of nitrogens with zero attached hydrogens (tertiary/aromatic N) is 4. The number of hydrogen-bond acceptors (Lipinski definition) is 4. The number of benzene rings is 1. The van der Waals surface area contributed by atoms with Gasteiger partial charge in [0.2, 0.25) is 0 Å². The number of carbonyl (C=O) groups is 2. The molecule has 0 saturated heterocycles. The summed E-state index contributed by atoms with van der Waals surface area (Å²) in [6.07, 6.45) is -0.0625. The molecule has 0 saturated carbocycles. The quantitative estimate of drug-likeness (QED) is 0.876. The van der Waals surface area contributed by atoms with Crippen molar-refractivity contribution in [1.82, 2.24) is 19.9 Å². The van der Waals surface area contributed by atoms with Crippen molar-refractivity contribution in [1.29, 1.82) is 0 Å². The third kappa shape index (κ3) is 2.76. The number of carbonyl (C=O) groups excluding carboxylic acids is 1. The molecule has 0 radical (unpaired) electrons. The van der Waals surface area contributed by atoms with Crippen LogP contribution in [0.25, 0.3) is 11.0 Å². The fourth-order valence-corrected chi connectivity index (χ4v) is 1.99. The summed E-state index contributed by atoms with van der Waals surface area (Å²) in [6, 6.07) is 5.17. The lowest BCUT2D eigenvalue weighted by atomic mass is 10.1. The smallest absolute Gasteiger partial charge is 0.305 e. The summed E-state index contributed by atoms with van der Waals surface area (Å²) in [7, 11) is 1.78. The van der Waals surface area contributed by atoms with Crippen LogP contribution in [0.1, 0.15) is 23.7 Å². The number of rotatable bonds is 5. The molecule has 20 heavy (non-hydrogen) atoms. The molecule has 106 valence electrons. The molecule has 2 aromatic rings. The van der Waals surface area contributed by atoms with E-state index in [0.29, 0.717) is 17.6 Å². The van der Waals surface area contributed by atoms with Gasteiger partial charge in [-0.05, 0) is 25.1 Å². The number of carboxylic acid groups (broad SMARTS) is 1. The lowest BCUT2D eigenvalue weighted by Gasteiger charge is -2.19. The zero-order chi connectivity index (χ0) is 14.7. The summed E-state index contributed by atoms with van der Waals surface area (Å²) in [5.41, 5.74) is 1.98. The Bertz CT molecular complexity index is 650. The molecule has 1 aromatic heterocycles. The first kappa shape index (κ1) is 14.0. The van der Waals surface area contributed by atoms with Crippen molar-refractivity contribution in [2.45, 2.75) is 13.3 Å². The van der Waals surface area contributed by atoms with E-state index in [1.54, 1.807) is 29.9 Å². The van der Waals surface area contributed by atoms with E-state index in [0.717, 1.165) is 5.52 Å². The van der Waals surface area contributed by atoms with E-state index < -0.39 is 5.97 Å². The Morgan fingerprint density at radius 2 is 2.15 bits per heavy atom. The molecular formula is C13H16N4O3. The molecule has 7 nitrogen and oxygen atoms in total. The lowest BCUT2D eigenvalue weighted by Crippen LogP contribution is -2.32. The van der Waals surface area contributed by atoms with Crippen molar-refractivity contribution in [2.24, 2.45) is 7.05 Å². The van der Waals surface area contributed by atoms with Crippen molar-refractivity contribution >= 4 is 22.9 Å². The number of aryl methyl sites for hydroxylation is 1. The van der Waals surface area contributed by atoms with Crippen LogP contribution in [0.5, 0.6) is 0 Å². The summed E-state index contributed by atoms with van der Waals surface area (Å²) < 4.78 is 1.63. The maximum absolute atomic E-state index is 12.3. The molecule has 0 bridgehead atoms. The van der Waals surface area contributed by atoms with Crippen LogP contribution < -0.4 is 0 Å². The molecule has 1 aromatic carbocycles. The summed E-state index contributed by atoms with van der Waals surface area (Å²) in [4.78, 5) is 24.4. The van der Waals surface area contributed by atoms with Crippen molar-refractivity contribution in [3.05, 3.63) is 23.8 Å². The fraction of sp³-hybridized carbons (Fsp3) is 0.385. The second-order valence-corrected chi connectivity index (χ2v) is 4.45. The molecule has 0 aliphatic carbocycles. The van der Waals surface area contributed by atoms with Crippen LogP contribution in [-0.4, -0.2) is 50.0 Å². The molecule has 7 heteroatoms. The van der Waals surface area contributed by atoms with Gasteiger partial charge in [0.1, 0.15) is 5.52 Å². The Labute approximate surface area is 115 Å². The Hall–Kier alpha value is -2.44. The number of hydrogen-bond donors (Lipinski definition) is 1. The average molecular weight is 276 g/mol. The molecule has 0 aliphatic heterocycles. The van der Waals surface area contributed by atoms with E-state index in [1.165, 1.54) is 4.90 Å². The number of fused-ring (bicyclic) bond motifs is 1. The van der Waals surface area contributed by atoms with Gasteiger partial charge in [0, 0.05) is 25.7 Å². The first-order valence-corrected chi connectivity index (χ1v) is 6.33. The Morgan fingerprint density at radius 3 is 2.80 bits per heavy atom. The van der Waals surface area contributed by atoms with Gasteiger partial charge in [0.05, 0.1) is 11.9 Å². The van der Waals surface area contributed by atoms with Crippen LogP contribution in [0.15, 0.2) is 18.2 Å². The van der Waals surface area contributed by atoms with E-state index in [1.807, 2.05) is 6.92 Å². The molecule has 2 rings (SSSR count). The van der Waals surface area contributed by atoms with E-state index in [2.05, 4.69) is 10.3 Å². The predicted molar refractivity (Wildman–Crippen MR) is 72.3 cm³/mol. The van der Waals surface area contributed by atoms with Gasteiger partial charge in [-0.15, -0.1) is 5.10 Å². The topological polar surface area (TPSA) is 88.3 Å². The van der Waals surface area contributed by atoms with Crippen LogP contribution in [-0.2, 0) is 11.8 Å². The van der Waals surface area contributed by atoms with E-state index in [-0.39, 0.29) is 18.9 Å². The SMILES string of the molecule is CCN(CCC(=O)O)C(=O)c1ccc2c(c1)nnn2C. The lowest BCUT2D eigenvalue weighted by molar-refractivity contribution is -0.137. The number of aromatic nitrogens is 3. The molecule has 1 heterocycles. The van der Waals surface area contributed by atoms with Gasteiger partial charge in [-0.3, -0.25) is 9.59 Å². The zero-order valence-electron chi connectivity index (χ0n) is 11.4. The Balaban J connectivity index is 2.22. The molecular weight excluding hydrogens is 260 g/mol. The molecule has 0 fully saturated rings. The van der Waals surface area contributed by atoms with Crippen LogP contribution in [0.4, 0.5) is 0 Å². The van der Waals surface area contributed by atoms with Gasteiger partial charge in [-0.1, -0.05) is 5.21 Å². The first-order chi connectivity index (χ1) is 9.52. The van der Waals surface area contributed by atoms with Gasteiger partial charge in [0.15, 0.2) is 0 Å². The summed E-state index contributed by atoms with van der Waals surface area (Å²) in [6.45, 7) is 2.48. The van der Waals surface area contributed by atoms with E-state index in [4.69, 9.17) is 5.11 Å². The maximum Gasteiger partial charge on any atom is 0.305 e. The second kappa shape index (κ2) is 5.68. The number of amides is 1. The van der Waals surface area contributed by atoms with Crippen molar-refractivity contribution in [3.8, 4) is 0 Å². The highest BCUT2D eigenvalue weighted by Gasteiger charge is 2.16. The molecule has 0 aliphatic rings. The maximum atomic E-state index is 12.3. The minimum Gasteiger partial charge on any atom is -0.481 e. The highest BCUT2D eigenvalue weighted by Crippen LogP contribution is 2.14. The predicted octanol–water partition coefficient (Wildman–Crippen LogP) is 0.905. The molecule has 0 spiro atoms. The first-order valence-electron chi connectivity index (χ1n) is 6.33. The molecule has 0 unspecified atom stereocenters. The zero-order valence-corrected chi connectivity index (χ0v) is 11.4. The Kier molecular flexibility index (Phi) is 3.97. The summed E-state index contributed by atoms with van der Waals surface area (Å²) in [5.74, 6) is -1.11. The fourth-order valence-electron chi connectivity index (χ4n) is 1.99. The molecule has 1 amide bonds. The minimum atomic E-state index is -0.916. The van der Waals surface area contributed by atoms with E-state index >= 15 is 0 Å². The van der Waals surface area contributed by atoms with E-state index in [9.17, 15) is 9.59 Å². The largest absolute Gasteiger partial charge is 0.481 e. The third-order valence-corrected chi connectivity index (χ3v) is 3.12. The van der Waals surface area contributed by atoms with Crippen molar-refractivity contribution in [3.63, 3.8) is 0 Å². The molecule has 1 N–H and O–H groups in total. The van der Waals surface area contributed by atoms with Crippen LogP contribution >= 0.6 is 0 Å². The number of carboxylic acids is 1. The second-order valence-electron chi connectivity index (χ2n) is 4.45. The van der Waals surface area contributed by atoms with Gasteiger partial charge in [-0.2, -0.15) is 0 Å². The monoisotopic (exact) mass is 276 g/mol. The Morgan fingerprint density at radius 1 is 1.40 bits per heavy atom. The van der Waals surface area contributed by atoms with Gasteiger partial charge >= 0.3 is 5.97 Å². The summed E-state index contributed by atoms with van der Waals surface area (Å²) in [5, 5.41) is 16.5. The highest BCUT2D eigenvalue weighted by atomic mass is 16.4. The van der Waals surface area contributed by atoms with Gasteiger partial charge < -0.3 is 10.0 Å².